The highest BCUT2D eigenvalue weighted by atomic mass is 16.6. The third-order valence-electron chi connectivity index (χ3n) is 8.93. The number of aliphatic hydroxyl groups excluding tert-OH is 2. The van der Waals surface area contributed by atoms with Crippen LogP contribution in [0.3, 0.4) is 0 Å². The summed E-state index contributed by atoms with van der Waals surface area (Å²) in [6.07, 6.45) is 4.49. The van der Waals surface area contributed by atoms with Gasteiger partial charge in [-0.1, -0.05) is 26.8 Å². The van der Waals surface area contributed by atoms with Crippen LogP contribution in [0.5, 0.6) is 0 Å². The normalized spacial score (nSPS) is 29.9. The average Bonchev–Trinajstić information content (AvgIpc) is 3.56. The molecule has 11 nitrogen and oxygen atoms in total. The number of hydrogen-bond donors (Lipinski definition) is 5. The van der Waals surface area contributed by atoms with Gasteiger partial charge in [0.2, 0.25) is 0 Å². The maximum Gasteiger partial charge on any atom is 0.167 e. The zero-order valence-electron chi connectivity index (χ0n) is 24.0. The van der Waals surface area contributed by atoms with Gasteiger partial charge >= 0.3 is 0 Å². The van der Waals surface area contributed by atoms with Crippen LogP contribution in [0.1, 0.15) is 58.2 Å². The molecule has 4 heterocycles. The molecule has 6 rings (SSSR count). The van der Waals surface area contributed by atoms with Crippen molar-refractivity contribution >= 4 is 28.4 Å². The number of rotatable bonds is 8. The van der Waals surface area contributed by atoms with E-state index in [1.165, 1.54) is 29.7 Å². The Balaban J connectivity index is 0.968. The summed E-state index contributed by atoms with van der Waals surface area (Å²) in [5, 5.41) is 31.7. The molecular formula is C29H42N8O3. The molecule has 1 saturated heterocycles. The fourth-order valence-corrected chi connectivity index (χ4v) is 6.29. The summed E-state index contributed by atoms with van der Waals surface area (Å²) < 4.78 is 7.78. The van der Waals surface area contributed by atoms with Crippen LogP contribution >= 0.6 is 0 Å². The second kappa shape index (κ2) is 10.4. The van der Waals surface area contributed by atoms with E-state index in [-0.39, 0.29) is 5.41 Å². The van der Waals surface area contributed by atoms with Crippen molar-refractivity contribution in [2.24, 2.45) is 5.92 Å². The molecule has 3 aliphatic rings. The van der Waals surface area contributed by atoms with Crippen molar-refractivity contribution in [2.75, 3.05) is 36.2 Å². The first-order valence-corrected chi connectivity index (χ1v) is 14.4. The highest BCUT2D eigenvalue weighted by Crippen LogP contribution is 2.40. The number of imidazole rings is 1. The van der Waals surface area contributed by atoms with Gasteiger partial charge in [-0.15, -0.1) is 0 Å². The van der Waals surface area contributed by atoms with Gasteiger partial charge in [0.25, 0.3) is 0 Å². The Morgan fingerprint density at radius 2 is 1.90 bits per heavy atom. The highest BCUT2D eigenvalue weighted by molar-refractivity contribution is 5.82. The van der Waals surface area contributed by atoms with E-state index >= 15 is 0 Å². The molecule has 11 heteroatoms. The molecule has 5 atom stereocenters. The lowest BCUT2D eigenvalue weighted by atomic mass is 9.77. The first-order chi connectivity index (χ1) is 19.1. The van der Waals surface area contributed by atoms with Gasteiger partial charge in [0.15, 0.2) is 17.7 Å². The van der Waals surface area contributed by atoms with Crippen LogP contribution in [0.2, 0.25) is 0 Å². The molecule has 2 aromatic heterocycles. The lowest BCUT2D eigenvalue weighted by molar-refractivity contribution is -0.0358. The fourth-order valence-electron chi connectivity index (χ4n) is 6.29. The van der Waals surface area contributed by atoms with Gasteiger partial charge in [0.1, 0.15) is 30.2 Å². The minimum Gasteiger partial charge on any atom is -0.387 e. The standard InChI is InChI=1S/C29H42N8O3/c1-29(2,3)17-7-8-19-20(12-17)36(5)22(35-19)9-6-16-10-18(11-16)31-13-21-24(38)25(39)28(40-21)37-15-34-23-26(30-4)32-14-33-27(23)37/h7-8,12,14-16,18,21-22,24-25,28,31,35,38-39H,6,9-11,13H2,1-5H3,(H,30,32,33). The fraction of sp³-hybridized carbons (Fsp3) is 0.621. The Labute approximate surface area is 235 Å². The molecule has 3 aromatic rings. The van der Waals surface area contributed by atoms with Crippen LogP contribution in [0, 0.1) is 5.92 Å². The molecule has 1 aromatic carbocycles. The minimum absolute atomic E-state index is 0.139. The van der Waals surface area contributed by atoms with E-state index in [0.717, 1.165) is 19.3 Å². The summed E-state index contributed by atoms with van der Waals surface area (Å²) in [6.45, 7) is 7.25. The summed E-state index contributed by atoms with van der Waals surface area (Å²) >= 11 is 0. The van der Waals surface area contributed by atoms with Crippen molar-refractivity contribution in [3.05, 3.63) is 36.4 Å². The van der Waals surface area contributed by atoms with E-state index in [9.17, 15) is 10.2 Å². The molecule has 40 heavy (non-hydrogen) atoms. The molecule has 5 unspecified atom stereocenters. The number of aromatic nitrogens is 4. The molecule has 0 amide bonds. The Kier molecular flexibility index (Phi) is 7.10. The monoisotopic (exact) mass is 550 g/mol. The van der Waals surface area contributed by atoms with Crippen LogP contribution in [0.15, 0.2) is 30.9 Å². The first kappa shape index (κ1) is 27.2. The number of fused-ring (bicyclic) bond motifs is 2. The maximum atomic E-state index is 10.8. The van der Waals surface area contributed by atoms with Crippen LogP contribution in [0.25, 0.3) is 11.2 Å². The zero-order chi connectivity index (χ0) is 28.2. The summed E-state index contributed by atoms with van der Waals surface area (Å²) in [7, 11) is 3.96. The largest absolute Gasteiger partial charge is 0.387 e. The number of benzene rings is 1. The lowest BCUT2D eigenvalue weighted by Gasteiger charge is -2.38. The SMILES string of the molecule is CNc1ncnc2c1ncn2C1OC(CNC2CC(CCC3Nc4ccc(C(C)(C)C)cc4N3C)C2)C(O)C1O. The summed E-state index contributed by atoms with van der Waals surface area (Å²) in [5.41, 5.74) is 5.15. The summed E-state index contributed by atoms with van der Waals surface area (Å²) in [5.74, 6) is 1.29. The Morgan fingerprint density at radius 3 is 2.65 bits per heavy atom. The number of hydrogen-bond acceptors (Lipinski definition) is 10. The predicted octanol–water partition coefficient (Wildman–Crippen LogP) is 2.82. The van der Waals surface area contributed by atoms with E-state index < -0.39 is 24.5 Å². The summed E-state index contributed by atoms with van der Waals surface area (Å²) in [6, 6.07) is 7.19. The maximum absolute atomic E-state index is 10.8. The van der Waals surface area contributed by atoms with Gasteiger partial charge in [0, 0.05) is 26.7 Å². The van der Waals surface area contributed by atoms with Crippen LogP contribution in [0.4, 0.5) is 17.2 Å². The molecule has 0 spiro atoms. The summed E-state index contributed by atoms with van der Waals surface area (Å²) in [4.78, 5) is 15.3. The van der Waals surface area contributed by atoms with Gasteiger partial charge in [-0.25, -0.2) is 15.0 Å². The second-order valence-corrected chi connectivity index (χ2v) is 12.6. The molecule has 1 saturated carbocycles. The van der Waals surface area contributed by atoms with Gasteiger partial charge in [-0.2, -0.15) is 0 Å². The van der Waals surface area contributed by atoms with Gasteiger partial charge in [-0.3, -0.25) is 4.57 Å². The Morgan fingerprint density at radius 1 is 1.10 bits per heavy atom. The smallest absolute Gasteiger partial charge is 0.167 e. The van der Waals surface area contributed by atoms with E-state index in [1.54, 1.807) is 17.9 Å². The second-order valence-electron chi connectivity index (χ2n) is 12.6. The topological polar surface area (TPSA) is 133 Å². The van der Waals surface area contributed by atoms with Crippen molar-refractivity contribution in [1.29, 1.82) is 0 Å². The number of anilines is 3. The van der Waals surface area contributed by atoms with Crippen LogP contribution in [-0.4, -0.2) is 80.9 Å². The minimum atomic E-state index is -1.08. The van der Waals surface area contributed by atoms with E-state index in [1.807, 2.05) is 0 Å². The molecule has 216 valence electrons. The Bertz CT molecular complexity index is 1350. The van der Waals surface area contributed by atoms with Crippen molar-refractivity contribution in [3.63, 3.8) is 0 Å². The predicted molar refractivity (Wildman–Crippen MR) is 155 cm³/mol. The molecule has 5 N–H and O–H groups in total. The van der Waals surface area contributed by atoms with Crippen LogP contribution < -0.4 is 20.9 Å². The quantitative estimate of drug-likeness (QED) is 0.285. The van der Waals surface area contributed by atoms with E-state index in [4.69, 9.17) is 4.74 Å². The number of aliphatic hydroxyl groups is 2. The van der Waals surface area contributed by atoms with Crippen molar-refractivity contribution in [3.8, 4) is 0 Å². The highest BCUT2D eigenvalue weighted by Gasteiger charge is 2.45. The number of nitrogens with one attached hydrogen (secondary N) is 3. The molecule has 2 aliphatic heterocycles. The van der Waals surface area contributed by atoms with Crippen molar-refractivity contribution in [2.45, 2.75) is 88.6 Å². The zero-order valence-corrected chi connectivity index (χ0v) is 24.0. The van der Waals surface area contributed by atoms with Gasteiger partial charge < -0.3 is 35.8 Å². The van der Waals surface area contributed by atoms with Gasteiger partial charge in [0.05, 0.1) is 23.9 Å². The third-order valence-corrected chi connectivity index (χ3v) is 8.93. The average molecular weight is 551 g/mol. The number of nitrogens with zero attached hydrogens (tertiary/aromatic N) is 5. The first-order valence-electron chi connectivity index (χ1n) is 14.4. The molecule has 0 radical (unpaired) electrons. The van der Waals surface area contributed by atoms with Gasteiger partial charge in [-0.05, 0) is 54.7 Å². The van der Waals surface area contributed by atoms with E-state index in [2.05, 4.69) is 81.8 Å². The number of ether oxygens (including phenoxy) is 1. The molecule has 1 aliphatic carbocycles. The Hall–Kier alpha value is -2.99. The van der Waals surface area contributed by atoms with Crippen molar-refractivity contribution < 1.29 is 14.9 Å². The van der Waals surface area contributed by atoms with E-state index in [0.29, 0.717) is 41.7 Å². The van der Waals surface area contributed by atoms with Crippen LogP contribution in [-0.2, 0) is 10.2 Å². The third kappa shape index (κ3) is 4.89. The molecular weight excluding hydrogens is 508 g/mol. The molecule has 2 fully saturated rings. The van der Waals surface area contributed by atoms with Crippen molar-refractivity contribution in [1.82, 2.24) is 24.8 Å². The lowest BCUT2D eigenvalue weighted by Crippen LogP contribution is -2.47. The molecule has 0 bridgehead atoms.